The summed E-state index contributed by atoms with van der Waals surface area (Å²) in [7, 11) is 0. The van der Waals surface area contributed by atoms with Crippen molar-refractivity contribution in [3.63, 3.8) is 0 Å². The summed E-state index contributed by atoms with van der Waals surface area (Å²) in [6, 6.07) is 5.69. The first-order valence-electron chi connectivity index (χ1n) is 5.20. The van der Waals surface area contributed by atoms with Gasteiger partial charge in [0.1, 0.15) is 11.5 Å². The van der Waals surface area contributed by atoms with Crippen molar-refractivity contribution in [3.8, 4) is 11.5 Å². The van der Waals surface area contributed by atoms with Crippen LogP contribution in [0.3, 0.4) is 0 Å². The summed E-state index contributed by atoms with van der Waals surface area (Å²) in [6.45, 7) is 5.22. The number of furan rings is 1. The molecule has 2 rings (SSSR count). The van der Waals surface area contributed by atoms with Gasteiger partial charge in [-0.3, -0.25) is 5.10 Å². The summed E-state index contributed by atoms with van der Waals surface area (Å²) in [4.78, 5) is 0. The molecule has 86 valence electrons. The first kappa shape index (κ1) is 11.3. The molecule has 0 amide bonds. The lowest BCUT2D eigenvalue weighted by Gasteiger charge is -2.04. The molecule has 0 atom stereocenters. The molecule has 5 heteroatoms. The lowest BCUT2D eigenvalue weighted by molar-refractivity contribution is 0.553. The van der Waals surface area contributed by atoms with E-state index < -0.39 is 0 Å². The van der Waals surface area contributed by atoms with Gasteiger partial charge in [0.2, 0.25) is 0 Å². The fraction of sp³-hybridized carbons (Fsp3) is 0.364. The summed E-state index contributed by atoms with van der Waals surface area (Å²) in [5.74, 6) is 2.21. The maximum Gasteiger partial charge on any atom is 0.169 e. The van der Waals surface area contributed by atoms with E-state index in [1.807, 2.05) is 18.2 Å². The number of aromatic nitrogens is 2. The van der Waals surface area contributed by atoms with Crippen molar-refractivity contribution in [2.24, 2.45) is 5.92 Å². The van der Waals surface area contributed by atoms with Crippen LogP contribution in [0.1, 0.15) is 13.8 Å². The van der Waals surface area contributed by atoms with Gasteiger partial charge in [-0.15, -0.1) is 0 Å². The molecule has 0 fully saturated rings. The normalized spacial score (nSPS) is 11.0. The average Bonchev–Trinajstić information content (AvgIpc) is 2.83. The third-order valence-electron chi connectivity index (χ3n) is 2.11. The van der Waals surface area contributed by atoms with E-state index in [2.05, 4.69) is 45.3 Å². The second-order valence-corrected chi connectivity index (χ2v) is 4.83. The Hall–Kier alpha value is -1.23. The predicted octanol–water partition coefficient (Wildman–Crippen LogP) is 3.50. The van der Waals surface area contributed by atoms with Gasteiger partial charge in [-0.1, -0.05) is 13.8 Å². The number of nitrogens with zero attached hydrogens (tertiary/aromatic N) is 1. The lowest BCUT2D eigenvalue weighted by atomic mass is 10.2. The number of anilines is 1. The molecule has 0 saturated carbocycles. The molecule has 2 aromatic rings. The highest BCUT2D eigenvalue weighted by atomic mass is 79.9. The molecule has 16 heavy (non-hydrogen) atoms. The Morgan fingerprint density at radius 3 is 2.94 bits per heavy atom. The van der Waals surface area contributed by atoms with E-state index >= 15 is 0 Å². The van der Waals surface area contributed by atoms with E-state index in [1.54, 1.807) is 0 Å². The zero-order chi connectivity index (χ0) is 11.5. The minimum atomic E-state index is 0.595. The van der Waals surface area contributed by atoms with Crippen molar-refractivity contribution in [3.05, 3.63) is 22.9 Å². The van der Waals surface area contributed by atoms with Crippen LogP contribution in [0.5, 0.6) is 0 Å². The highest BCUT2D eigenvalue weighted by Gasteiger charge is 2.07. The largest absolute Gasteiger partial charge is 0.448 e. The Balaban J connectivity index is 2.07. The van der Waals surface area contributed by atoms with Gasteiger partial charge in [-0.05, 0) is 34.0 Å². The third kappa shape index (κ3) is 2.66. The van der Waals surface area contributed by atoms with Crippen molar-refractivity contribution in [1.29, 1.82) is 0 Å². The minimum Gasteiger partial charge on any atom is -0.448 e. The summed E-state index contributed by atoms with van der Waals surface area (Å²) >= 11 is 3.27. The molecule has 0 saturated heterocycles. The second kappa shape index (κ2) is 4.74. The van der Waals surface area contributed by atoms with Gasteiger partial charge in [-0.2, -0.15) is 5.10 Å². The average molecular weight is 284 g/mol. The van der Waals surface area contributed by atoms with Crippen LogP contribution in [0.2, 0.25) is 0 Å². The molecule has 0 aromatic carbocycles. The standard InChI is InChI=1S/C11H14BrN3O/c1-7(2)6-13-11-5-8(14-15-11)9-3-4-10(12)16-9/h3-5,7H,6H2,1-2H3,(H2,13,14,15). The highest BCUT2D eigenvalue weighted by Crippen LogP contribution is 2.24. The summed E-state index contributed by atoms with van der Waals surface area (Å²) < 4.78 is 6.14. The lowest BCUT2D eigenvalue weighted by Crippen LogP contribution is -2.07. The number of H-pyrrole nitrogens is 1. The van der Waals surface area contributed by atoms with Crippen molar-refractivity contribution in [2.75, 3.05) is 11.9 Å². The van der Waals surface area contributed by atoms with Gasteiger partial charge in [0.25, 0.3) is 0 Å². The molecule has 0 radical (unpaired) electrons. The van der Waals surface area contributed by atoms with E-state index in [1.165, 1.54) is 0 Å². The van der Waals surface area contributed by atoms with Crippen molar-refractivity contribution in [2.45, 2.75) is 13.8 Å². The van der Waals surface area contributed by atoms with Gasteiger partial charge >= 0.3 is 0 Å². The summed E-state index contributed by atoms with van der Waals surface area (Å²) in [6.07, 6.45) is 0. The Bertz CT molecular complexity index is 461. The van der Waals surface area contributed by atoms with Crippen molar-refractivity contribution >= 4 is 21.7 Å². The molecule has 0 spiro atoms. The molecule has 0 aliphatic rings. The zero-order valence-electron chi connectivity index (χ0n) is 9.25. The van der Waals surface area contributed by atoms with Gasteiger partial charge in [0, 0.05) is 12.6 Å². The van der Waals surface area contributed by atoms with Crippen LogP contribution in [0.25, 0.3) is 11.5 Å². The van der Waals surface area contributed by atoms with Crippen LogP contribution in [-0.2, 0) is 0 Å². The molecular formula is C11H14BrN3O. The molecule has 4 nitrogen and oxygen atoms in total. The van der Waals surface area contributed by atoms with Crippen molar-refractivity contribution in [1.82, 2.24) is 10.2 Å². The molecule has 2 aromatic heterocycles. The van der Waals surface area contributed by atoms with Gasteiger partial charge < -0.3 is 9.73 Å². The molecule has 0 aliphatic carbocycles. The number of rotatable bonds is 4. The van der Waals surface area contributed by atoms with Crippen LogP contribution >= 0.6 is 15.9 Å². The smallest absolute Gasteiger partial charge is 0.169 e. The summed E-state index contributed by atoms with van der Waals surface area (Å²) in [5, 5.41) is 10.3. The van der Waals surface area contributed by atoms with Crippen LogP contribution in [0.4, 0.5) is 5.82 Å². The number of halogens is 1. The first-order chi connectivity index (χ1) is 7.65. The molecule has 0 unspecified atom stereocenters. The minimum absolute atomic E-state index is 0.595. The van der Waals surface area contributed by atoms with Crippen molar-refractivity contribution < 1.29 is 4.42 Å². The van der Waals surface area contributed by atoms with Crippen LogP contribution in [0, 0.1) is 5.92 Å². The predicted molar refractivity (Wildman–Crippen MR) is 67.3 cm³/mol. The number of hydrogen-bond acceptors (Lipinski definition) is 3. The first-order valence-corrected chi connectivity index (χ1v) is 5.99. The highest BCUT2D eigenvalue weighted by molar-refractivity contribution is 9.10. The van der Waals surface area contributed by atoms with Gasteiger partial charge in [0.05, 0.1) is 0 Å². The topological polar surface area (TPSA) is 53.9 Å². The Morgan fingerprint density at radius 2 is 2.31 bits per heavy atom. The third-order valence-corrected chi connectivity index (χ3v) is 2.53. The second-order valence-electron chi connectivity index (χ2n) is 4.05. The number of aromatic amines is 1. The van der Waals surface area contributed by atoms with Gasteiger partial charge in [0.15, 0.2) is 10.4 Å². The summed E-state index contributed by atoms with van der Waals surface area (Å²) in [5.41, 5.74) is 0.872. The zero-order valence-corrected chi connectivity index (χ0v) is 10.8. The van der Waals surface area contributed by atoms with E-state index in [4.69, 9.17) is 4.42 Å². The Morgan fingerprint density at radius 1 is 1.50 bits per heavy atom. The fourth-order valence-corrected chi connectivity index (χ4v) is 1.61. The van der Waals surface area contributed by atoms with Crippen LogP contribution in [0.15, 0.2) is 27.3 Å². The number of hydrogen-bond donors (Lipinski definition) is 2. The SMILES string of the molecule is CC(C)CNc1cc(-c2ccc(Br)o2)[nH]n1. The Labute approximate surface area is 103 Å². The Kier molecular flexibility index (Phi) is 3.33. The van der Waals surface area contributed by atoms with Gasteiger partial charge in [-0.25, -0.2) is 0 Å². The van der Waals surface area contributed by atoms with Crippen LogP contribution in [-0.4, -0.2) is 16.7 Å². The fourth-order valence-electron chi connectivity index (χ4n) is 1.31. The molecule has 0 aliphatic heterocycles. The molecule has 2 heterocycles. The van der Waals surface area contributed by atoms with Crippen LogP contribution < -0.4 is 5.32 Å². The molecule has 0 bridgehead atoms. The number of nitrogens with one attached hydrogen (secondary N) is 2. The van der Waals surface area contributed by atoms with E-state index in [9.17, 15) is 0 Å². The monoisotopic (exact) mass is 283 g/mol. The molecular weight excluding hydrogens is 270 g/mol. The molecule has 2 N–H and O–H groups in total. The van der Waals surface area contributed by atoms with E-state index in [0.717, 1.165) is 23.8 Å². The maximum absolute atomic E-state index is 5.43. The van der Waals surface area contributed by atoms with E-state index in [-0.39, 0.29) is 0 Å². The quantitative estimate of drug-likeness (QED) is 0.903. The maximum atomic E-state index is 5.43. The van der Waals surface area contributed by atoms with E-state index in [0.29, 0.717) is 10.6 Å².